The van der Waals surface area contributed by atoms with Crippen molar-refractivity contribution in [2.75, 3.05) is 0 Å². The first-order valence-corrected chi connectivity index (χ1v) is 9.04. The monoisotopic (exact) mass is 368 g/mol. The number of benzene rings is 2. The summed E-state index contributed by atoms with van der Waals surface area (Å²) in [7, 11) is 0. The van der Waals surface area contributed by atoms with E-state index in [1.165, 1.54) is 17.7 Å². The van der Waals surface area contributed by atoms with E-state index < -0.39 is 0 Å². The van der Waals surface area contributed by atoms with Gasteiger partial charge in [-0.25, -0.2) is 13.9 Å². The predicted molar refractivity (Wildman–Crippen MR) is 108 cm³/mol. The molecule has 5 rings (SSSR count). The summed E-state index contributed by atoms with van der Waals surface area (Å²) in [6.07, 6.45) is 5.74. The van der Waals surface area contributed by atoms with Crippen LogP contribution in [0.25, 0.3) is 33.8 Å². The Morgan fingerprint density at radius 3 is 2.25 bits per heavy atom. The van der Waals surface area contributed by atoms with Crippen LogP contribution in [0.2, 0.25) is 0 Å². The second-order valence-electron chi connectivity index (χ2n) is 6.76. The van der Waals surface area contributed by atoms with Crippen LogP contribution in [0.15, 0.2) is 85.3 Å². The first-order chi connectivity index (χ1) is 13.7. The van der Waals surface area contributed by atoms with Gasteiger partial charge in [0.2, 0.25) is 0 Å². The standard InChI is InChI=1S/C23H17FN4/c1-16-4-6-17(7-5-16)20-15-25-28-21(18-8-10-19(24)11-9-18)14-22(26-23(20)28)27-12-2-3-13-27/h2-15H,1H3. The van der Waals surface area contributed by atoms with Crippen LogP contribution in [-0.4, -0.2) is 19.2 Å². The van der Waals surface area contributed by atoms with E-state index in [0.717, 1.165) is 33.8 Å². The number of aromatic nitrogens is 4. The number of hydrogen-bond donors (Lipinski definition) is 0. The Kier molecular flexibility index (Phi) is 3.79. The molecule has 28 heavy (non-hydrogen) atoms. The van der Waals surface area contributed by atoms with Crippen molar-refractivity contribution >= 4 is 5.65 Å². The van der Waals surface area contributed by atoms with Crippen LogP contribution in [0.1, 0.15) is 5.56 Å². The Morgan fingerprint density at radius 2 is 1.54 bits per heavy atom. The molecule has 0 atom stereocenters. The number of rotatable bonds is 3. The summed E-state index contributed by atoms with van der Waals surface area (Å²) in [5, 5.41) is 4.59. The lowest BCUT2D eigenvalue weighted by Crippen LogP contribution is -2.02. The van der Waals surface area contributed by atoms with Crippen molar-refractivity contribution in [1.82, 2.24) is 19.2 Å². The van der Waals surface area contributed by atoms with Crippen molar-refractivity contribution in [1.29, 1.82) is 0 Å². The van der Waals surface area contributed by atoms with Gasteiger partial charge in [0, 0.05) is 29.6 Å². The van der Waals surface area contributed by atoms with E-state index in [1.807, 2.05) is 45.9 Å². The lowest BCUT2D eigenvalue weighted by molar-refractivity contribution is 0.628. The summed E-state index contributed by atoms with van der Waals surface area (Å²) >= 11 is 0. The minimum Gasteiger partial charge on any atom is -0.309 e. The number of aryl methyl sites for hydroxylation is 1. The molecule has 0 radical (unpaired) electrons. The van der Waals surface area contributed by atoms with E-state index >= 15 is 0 Å². The molecule has 0 N–H and O–H groups in total. The van der Waals surface area contributed by atoms with Gasteiger partial charge in [-0.15, -0.1) is 0 Å². The van der Waals surface area contributed by atoms with Crippen LogP contribution in [0, 0.1) is 12.7 Å². The SMILES string of the molecule is Cc1ccc(-c2cnn3c(-c4ccc(F)cc4)cc(-n4cccc4)nc23)cc1. The van der Waals surface area contributed by atoms with Crippen molar-refractivity contribution in [2.24, 2.45) is 0 Å². The maximum atomic E-state index is 13.4. The summed E-state index contributed by atoms with van der Waals surface area (Å²) in [5.74, 6) is 0.520. The summed E-state index contributed by atoms with van der Waals surface area (Å²) < 4.78 is 17.2. The summed E-state index contributed by atoms with van der Waals surface area (Å²) in [6, 6.07) is 20.6. The zero-order valence-electron chi connectivity index (χ0n) is 15.2. The third-order valence-corrected chi connectivity index (χ3v) is 4.83. The topological polar surface area (TPSA) is 35.1 Å². The Hall–Kier alpha value is -3.73. The average molecular weight is 368 g/mol. The van der Waals surface area contributed by atoms with E-state index in [9.17, 15) is 4.39 Å². The highest BCUT2D eigenvalue weighted by molar-refractivity contribution is 5.80. The molecule has 0 aliphatic carbocycles. The third kappa shape index (κ3) is 2.77. The molecule has 5 heteroatoms. The molecule has 0 saturated heterocycles. The van der Waals surface area contributed by atoms with Crippen LogP contribution >= 0.6 is 0 Å². The van der Waals surface area contributed by atoms with Gasteiger partial charge in [0.1, 0.15) is 11.6 Å². The number of halogens is 1. The summed E-state index contributed by atoms with van der Waals surface area (Å²) in [5.41, 5.74) is 5.70. The Morgan fingerprint density at radius 1 is 0.857 bits per heavy atom. The highest BCUT2D eigenvalue weighted by atomic mass is 19.1. The van der Waals surface area contributed by atoms with Crippen molar-refractivity contribution in [3.8, 4) is 28.2 Å². The number of nitrogens with zero attached hydrogens (tertiary/aromatic N) is 4. The van der Waals surface area contributed by atoms with Crippen molar-refractivity contribution in [3.05, 3.63) is 96.7 Å². The van der Waals surface area contributed by atoms with Crippen LogP contribution in [0.3, 0.4) is 0 Å². The zero-order valence-corrected chi connectivity index (χ0v) is 15.2. The Bertz CT molecular complexity index is 1250. The van der Waals surface area contributed by atoms with Gasteiger partial charge in [0.25, 0.3) is 0 Å². The van der Waals surface area contributed by atoms with E-state index in [0.29, 0.717) is 0 Å². The van der Waals surface area contributed by atoms with Gasteiger partial charge in [-0.05, 0) is 48.9 Å². The van der Waals surface area contributed by atoms with Crippen LogP contribution in [0.4, 0.5) is 4.39 Å². The Balaban J connectivity index is 1.79. The van der Waals surface area contributed by atoms with Crippen molar-refractivity contribution < 1.29 is 4.39 Å². The fourth-order valence-electron chi connectivity index (χ4n) is 3.33. The molecule has 3 heterocycles. The van der Waals surface area contributed by atoms with Gasteiger partial charge in [-0.3, -0.25) is 0 Å². The van der Waals surface area contributed by atoms with E-state index in [1.54, 1.807) is 12.1 Å². The van der Waals surface area contributed by atoms with E-state index in [4.69, 9.17) is 4.98 Å². The van der Waals surface area contributed by atoms with Crippen LogP contribution in [0.5, 0.6) is 0 Å². The minimum atomic E-state index is -0.263. The molecular weight excluding hydrogens is 351 g/mol. The number of hydrogen-bond acceptors (Lipinski definition) is 2. The molecule has 0 aliphatic rings. The fraction of sp³-hybridized carbons (Fsp3) is 0.0435. The lowest BCUT2D eigenvalue weighted by Gasteiger charge is -2.10. The molecule has 0 fully saturated rings. The predicted octanol–water partition coefficient (Wildman–Crippen LogP) is 5.30. The average Bonchev–Trinajstić information content (AvgIpc) is 3.39. The largest absolute Gasteiger partial charge is 0.309 e. The Labute approximate surface area is 161 Å². The summed E-state index contributed by atoms with van der Waals surface area (Å²) in [6.45, 7) is 2.06. The first kappa shape index (κ1) is 16.4. The maximum Gasteiger partial charge on any atom is 0.165 e. The van der Waals surface area contributed by atoms with E-state index in [2.05, 4.69) is 36.3 Å². The second-order valence-corrected chi connectivity index (χ2v) is 6.76. The van der Waals surface area contributed by atoms with Crippen molar-refractivity contribution in [3.63, 3.8) is 0 Å². The lowest BCUT2D eigenvalue weighted by atomic mass is 10.1. The maximum absolute atomic E-state index is 13.4. The van der Waals surface area contributed by atoms with Crippen LogP contribution in [-0.2, 0) is 0 Å². The second kappa shape index (κ2) is 6.46. The van der Waals surface area contributed by atoms with Gasteiger partial charge in [0.05, 0.1) is 11.9 Å². The molecule has 0 saturated carbocycles. The molecule has 0 aliphatic heterocycles. The van der Waals surface area contributed by atoms with Gasteiger partial charge < -0.3 is 4.57 Å². The number of fused-ring (bicyclic) bond motifs is 1. The third-order valence-electron chi connectivity index (χ3n) is 4.83. The molecule has 0 bridgehead atoms. The first-order valence-electron chi connectivity index (χ1n) is 9.04. The van der Waals surface area contributed by atoms with E-state index in [-0.39, 0.29) is 5.82 Å². The van der Waals surface area contributed by atoms with Gasteiger partial charge in [0.15, 0.2) is 5.65 Å². The highest BCUT2D eigenvalue weighted by Gasteiger charge is 2.15. The molecule has 0 amide bonds. The van der Waals surface area contributed by atoms with Crippen LogP contribution < -0.4 is 0 Å². The fourth-order valence-corrected chi connectivity index (χ4v) is 3.33. The molecule has 0 spiro atoms. The van der Waals surface area contributed by atoms with Gasteiger partial charge >= 0.3 is 0 Å². The van der Waals surface area contributed by atoms with Crippen molar-refractivity contribution in [2.45, 2.75) is 6.92 Å². The normalized spacial score (nSPS) is 11.2. The smallest absolute Gasteiger partial charge is 0.165 e. The quantitative estimate of drug-likeness (QED) is 0.433. The molecule has 0 unspecified atom stereocenters. The molecular formula is C23H17FN4. The molecule has 3 aromatic heterocycles. The zero-order chi connectivity index (χ0) is 19.1. The molecule has 2 aromatic carbocycles. The van der Waals surface area contributed by atoms with Gasteiger partial charge in [-0.2, -0.15) is 5.10 Å². The van der Waals surface area contributed by atoms with Gasteiger partial charge in [-0.1, -0.05) is 29.8 Å². The molecule has 4 nitrogen and oxygen atoms in total. The molecule has 5 aromatic rings. The molecule has 136 valence electrons. The summed E-state index contributed by atoms with van der Waals surface area (Å²) in [4.78, 5) is 4.87. The highest BCUT2D eigenvalue weighted by Crippen LogP contribution is 2.29. The minimum absolute atomic E-state index is 0.263.